The minimum absolute atomic E-state index is 0.605. The van der Waals surface area contributed by atoms with Crippen LogP contribution in [0.1, 0.15) is 60.3 Å². The van der Waals surface area contributed by atoms with Crippen LogP contribution in [-0.2, 0) is 0 Å². The Morgan fingerprint density at radius 1 is 1.23 bits per heavy atom. The van der Waals surface area contributed by atoms with Gasteiger partial charge in [0.15, 0.2) is 0 Å². The van der Waals surface area contributed by atoms with Crippen LogP contribution in [0.25, 0.3) is 0 Å². The number of hydrogen-bond acceptors (Lipinski definition) is 0. The van der Waals surface area contributed by atoms with Crippen LogP contribution >= 0.6 is 0 Å². The van der Waals surface area contributed by atoms with Crippen LogP contribution in [0, 0.1) is 23.2 Å². The van der Waals surface area contributed by atoms with Gasteiger partial charge in [0.1, 0.15) is 0 Å². The zero-order valence-corrected chi connectivity index (χ0v) is 10.1. The average Bonchev–Trinajstić information content (AvgIpc) is 2.01. The highest BCUT2D eigenvalue weighted by Gasteiger charge is 2.34. The van der Waals surface area contributed by atoms with Crippen LogP contribution in [-0.4, -0.2) is 0 Å². The lowest BCUT2D eigenvalue weighted by molar-refractivity contribution is 0.0951. The third kappa shape index (κ3) is 3.00. The Bertz CT molecular complexity index is 155. The molecule has 1 rings (SSSR count). The van der Waals surface area contributed by atoms with Crippen molar-refractivity contribution < 1.29 is 0 Å². The molecular weight excluding hydrogens is 156 g/mol. The topological polar surface area (TPSA) is 0 Å². The first-order chi connectivity index (χ1) is 5.94. The molecule has 0 heterocycles. The molecule has 13 heavy (non-hydrogen) atoms. The fourth-order valence-electron chi connectivity index (χ4n) is 2.99. The van der Waals surface area contributed by atoms with Gasteiger partial charge in [0, 0.05) is 0 Å². The van der Waals surface area contributed by atoms with Gasteiger partial charge in [0.25, 0.3) is 0 Å². The Morgan fingerprint density at radius 3 is 2.31 bits per heavy atom. The van der Waals surface area contributed by atoms with E-state index in [1.807, 2.05) is 0 Å². The number of hydrogen-bond donors (Lipinski definition) is 0. The van der Waals surface area contributed by atoms with Crippen LogP contribution in [0.3, 0.4) is 0 Å². The van der Waals surface area contributed by atoms with Crippen molar-refractivity contribution in [3.05, 3.63) is 0 Å². The quantitative estimate of drug-likeness (QED) is 0.590. The summed E-state index contributed by atoms with van der Waals surface area (Å²) in [5.74, 6) is 2.86. The molecule has 0 aromatic rings. The maximum absolute atomic E-state index is 2.45. The van der Waals surface area contributed by atoms with E-state index in [9.17, 15) is 0 Å². The molecule has 0 N–H and O–H groups in total. The molecule has 0 saturated heterocycles. The smallest absolute Gasteiger partial charge is 0.0349 e. The molecule has 0 heteroatoms. The zero-order valence-electron chi connectivity index (χ0n) is 10.1. The van der Waals surface area contributed by atoms with Crippen LogP contribution in [0.15, 0.2) is 0 Å². The van der Waals surface area contributed by atoms with Crippen LogP contribution in [0.5, 0.6) is 0 Å². The molecule has 2 unspecified atom stereocenters. The van der Waals surface area contributed by atoms with Crippen molar-refractivity contribution in [1.29, 1.82) is 0 Å². The van der Waals surface area contributed by atoms with E-state index < -0.39 is 0 Å². The third-order valence-electron chi connectivity index (χ3n) is 3.81. The summed E-state index contributed by atoms with van der Waals surface area (Å²) in [7, 11) is 0. The van der Waals surface area contributed by atoms with Gasteiger partial charge in [-0.15, -0.1) is 0 Å². The van der Waals surface area contributed by atoms with Gasteiger partial charge in [-0.1, -0.05) is 41.0 Å². The van der Waals surface area contributed by atoms with Crippen molar-refractivity contribution in [3.8, 4) is 0 Å². The largest absolute Gasteiger partial charge is 0.0651 e. The van der Waals surface area contributed by atoms with Gasteiger partial charge in [-0.3, -0.25) is 0 Å². The summed E-state index contributed by atoms with van der Waals surface area (Å²) in [6, 6.07) is 0. The van der Waals surface area contributed by atoms with Crippen molar-refractivity contribution in [2.45, 2.75) is 60.3 Å². The molecule has 0 aromatic carbocycles. The van der Waals surface area contributed by atoms with E-state index in [1.165, 1.54) is 25.7 Å². The Morgan fingerprint density at radius 2 is 1.85 bits per heavy atom. The molecule has 0 aromatic heterocycles. The summed E-state index contributed by atoms with van der Waals surface area (Å²) in [6.07, 6.45) is 5.76. The molecule has 1 saturated carbocycles. The minimum atomic E-state index is 0.605. The van der Waals surface area contributed by atoms with Crippen molar-refractivity contribution >= 4 is 0 Å². The zero-order chi connectivity index (χ0) is 10.1. The number of rotatable bonds is 2. The molecule has 1 fully saturated rings. The van der Waals surface area contributed by atoms with E-state index in [-0.39, 0.29) is 0 Å². The highest BCUT2D eigenvalue weighted by molar-refractivity contribution is 4.84. The predicted molar refractivity (Wildman–Crippen MR) is 59.7 cm³/mol. The first-order valence-electron chi connectivity index (χ1n) is 5.94. The average molecular weight is 182 g/mol. The summed E-state index contributed by atoms with van der Waals surface area (Å²) in [6.45, 7) is 12.0. The van der Waals surface area contributed by atoms with Gasteiger partial charge < -0.3 is 0 Å². The second-order valence-electron chi connectivity index (χ2n) is 6.09. The summed E-state index contributed by atoms with van der Waals surface area (Å²) in [5.41, 5.74) is 0.605. The van der Waals surface area contributed by atoms with Gasteiger partial charge in [-0.25, -0.2) is 0 Å². The fraction of sp³-hybridized carbons (Fsp3) is 1.00. The molecule has 0 radical (unpaired) electrons. The normalized spacial score (nSPS) is 33.7. The van der Waals surface area contributed by atoms with Gasteiger partial charge in [-0.05, 0) is 42.4 Å². The van der Waals surface area contributed by atoms with Gasteiger partial charge in [0.05, 0.1) is 0 Å². The van der Waals surface area contributed by atoms with E-state index in [2.05, 4.69) is 34.6 Å². The van der Waals surface area contributed by atoms with Crippen LogP contribution in [0.4, 0.5) is 0 Å². The summed E-state index contributed by atoms with van der Waals surface area (Å²) in [5, 5.41) is 0. The van der Waals surface area contributed by atoms with Gasteiger partial charge in [0.2, 0.25) is 0 Å². The highest BCUT2D eigenvalue weighted by atomic mass is 14.4. The first kappa shape index (κ1) is 11.1. The lowest BCUT2D eigenvalue weighted by Gasteiger charge is -2.41. The standard InChI is InChI=1S/C13H26/c1-6-11-7-12(10(2)3)9-13(4,5)8-11/h10-12H,6-9H2,1-5H3. The molecule has 0 amide bonds. The monoisotopic (exact) mass is 182 g/mol. The van der Waals surface area contributed by atoms with Crippen molar-refractivity contribution in [2.75, 3.05) is 0 Å². The Labute approximate surface area is 84.1 Å². The molecule has 0 spiro atoms. The molecule has 0 nitrogen and oxygen atoms in total. The lowest BCUT2D eigenvalue weighted by Crippen LogP contribution is -2.30. The fourth-order valence-corrected chi connectivity index (χ4v) is 2.99. The molecule has 1 aliphatic carbocycles. The van der Waals surface area contributed by atoms with E-state index in [0.717, 1.165) is 17.8 Å². The third-order valence-corrected chi connectivity index (χ3v) is 3.81. The Balaban J connectivity index is 2.60. The molecule has 78 valence electrons. The summed E-state index contributed by atoms with van der Waals surface area (Å²) >= 11 is 0. The molecule has 2 atom stereocenters. The second-order valence-corrected chi connectivity index (χ2v) is 6.09. The summed E-state index contributed by atoms with van der Waals surface area (Å²) in [4.78, 5) is 0. The molecule has 0 aliphatic heterocycles. The second kappa shape index (κ2) is 4.02. The van der Waals surface area contributed by atoms with Crippen molar-refractivity contribution in [3.63, 3.8) is 0 Å². The first-order valence-corrected chi connectivity index (χ1v) is 5.94. The van der Waals surface area contributed by atoms with Gasteiger partial charge >= 0.3 is 0 Å². The summed E-state index contributed by atoms with van der Waals surface area (Å²) < 4.78 is 0. The Hall–Kier alpha value is 0. The molecular formula is C13H26. The van der Waals surface area contributed by atoms with Crippen molar-refractivity contribution in [2.24, 2.45) is 23.2 Å². The SMILES string of the molecule is CCC1CC(C(C)C)CC(C)(C)C1. The maximum atomic E-state index is 2.45. The molecule has 1 aliphatic rings. The van der Waals surface area contributed by atoms with E-state index in [0.29, 0.717) is 5.41 Å². The van der Waals surface area contributed by atoms with E-state index >= 15 is 0 Å². The van der Waals surface area contributed by atoms with Crippen LogP contribution < -0.4 is 0 Å². The minimum Gasteiger partial charge on any atom is -0.0651 e. The highest BCUT2D eigenvalue weighted by Crippen LogP contribution is 2.45. The molecule has 0 bridgehead atoms. The van der Waals surface area contributed by atoms with Gasteiger partial charge in [-0.2, -0.15) is 0 Å². The maximum Gasteiger partial charge on any atom is -0.0349 e. The van der Waals surface area contributed by atoms with Crippen LogP contribution in [0.2, 0.25) is 0 Å². The van der Waals surface area contributed by atoms with E-state index in [1.54, 1.807) is 0 Å². The van der Waals surface area contributed by atoms with E-state index in [4.69, 9.17) is 0 Å². The Kier molecular flexibility index (Phi) is 3.43. The predicted octanol–water partition coefficient (Wildman–Crippen LogP) is 4.49. The van der Waals surface area contributed by atoms with Crippen molar-refractivity contribution in [1.82, 2.24) is 0 Å². The lowest BCUT2D eigenvalue weighted by atomic mass is 9.64.